The molecule has 0 saturated heterocycles. The first-order chi connectivity index (χ1) is 14.8. The van der Waals surface area contributed by atoms with Gasteiger partial charge in [0.1, 0.15) is 0 Å². The number of aromatic nitrogens is 1. The van der Waals surface area contributed by atoms with Crippen molar-refractivity contribution in [1.29, 1.82) is 0 Å². The van der Waals surface area contributed by atoms with Crippen LogP contribution in [0.1, 0.15) is 104 Å². The Morgan fingerprint density at radius 3 is 2.27 bits per heavy atom. The molecule has 2 fully saturated rings. The summed E-state index contributed by atoms with van der Waals surface area (Å²) in [6.07, 6.45) is 22.8. The van der Waals surface area contributed by atoms with Crippen LogP contribution in [0.15, 0.2) is 16.6 Å². The summed E-state index contributed by atoms with van der Waals surface area (Å²) in [6.45, 7) is 4.71. The molecule has 6 heteroatoms. The van der Waals surface area contributed by atoms with E-state index in [2.05, 4.69) is 40.0 Å². The van der Waals surface area contributed by atoms with Gasteiger partial charge in [-0.05, 0) is 31.7 Å². The molecular formula is C24H43BN4S. The molecule has 3 aliphatic rings. The molecule has 30 heavy (non-hydrogen) atoms. The molecule has 2 aliphatic carbocycles. The fourth-order valence-corrected chi connectivity index (χ4v) is 7.30. The number of hydrogen-bond acceptors (Lipinski definition) is 2. The molecule has 0 unspecified atom stereocenters. The van der Waals surface area contributed by atoms with Crippen LogP contribution < -0.4 is 9.79 Å². The van der Waals surface area contributed by atoms with Gasteiger partial charge in [-0.15, -0.1) is 12.6 Å². The Balaban J connectivity index is 1.78. The number of unbranched alkanes of at least 4 members (excludes halogenated alkanes) is 2. The van der Waals surface area contributed by atoms with Crippen molar-refractivity contribution in [3.05, 3.63) is 11.6 Å². The summed E-state index contributed by atoms with van der Waals surface area (Å²) >= 11 is 1.87. The number of thiazole rings is 1. The summed E-state index contributed by atoms with van der Waals surface area (Å²) in [6, 6.07) is 1.17. The van der Waals surface area contributed by atoms with E-state index in [-0.39, 0.29) is 0 Å². The van der Waals surface area contributed by atoms with Crippen LogP contribution in [0.25, 0.3) is 0 Å². The molecule has 0 aromatic carbocycles. The summed E-state index contributed by atoms with van der Waals surface area (Å²) in [7, 11) is 0. The van der Waals surface area contributed by atoms with E-state index in [4.69, 9.17) is 4.99 Å². The van der Waals surface area contributed by atoms with Crippen LogP contribution in [0, 0.1) is 0 Å². The van der Waals surface area contributed by atoms with Gasteiger partial charge in [-0.3, -0.25) is 0 Å². The van der Waals surface area contributed by atoms with Gasteiger partial charge in [-0.25, -0.2) is 10.3 Å². The van der Waals surface area contributed by atoms with Gasteiger partial charge in [0.25, 0.3) is 17.5 Å². The number of nitrogens with zero attached hydrogens (tertiary/aromatic N) is 3. The lowest BCUT2D eigenvalue weighted by Gasteiger charge is -2.55. The van der Waals surface area contributed by atoms with Crippen molar-refractivity contribution in [3.63, 3.8) is 0 Å². The molecule has 0 spiro atoms. The molecule has 0 amide bonds. The number of anilines is 1. The maximum atomic E-state index is 5.48. The van der Waals surface area contributed by atoms with Gasteiger partial charge >= 0.3 is 0 Å². The second-order valence-corrected chi connectivity index (χ2v) is 11.0. The molecule has 2 saturated carbocycles. The van der Waals surface area contributed by atoms with E-state index in [1.54, 1.807) is 0 Å². The maximum absolute atomic E-state index is 5.48. The molecule has 1 N–H and O–H groups in total. The smallest absolute Gasteiger partial charge is 0.295 e. The molecule has 1 aromatic rings. The zero-order valence-corrected chi connectivity index (χ0v) is 20.3. The lowest BCUT2D eigenvalue weighted by atomic mass is 9.37. The van der Waals surface area contributed by atoms with Crippen molar-refractivity contribution in [2.45, 2.75) is 128 Å². The molecular weight excluding hydrogens is 387 g/mol. The van der Waals surface area contributed by atoms with Gasteiger partial charge in [0.15, 0.2) is 0 Å². The quantitative estimate of drug-likeness (QED) is 0.467. The average Bonchev–Trinajstić information content (AvgIpc) is 3.26. The van der Waals surface area contributed by atoms with E-state index in [0.717, 1.165) is 0 Å². The molecule has 1 aromatic heterocycles. The van der Waals surface area contributed by atoms with Crippen molar-refractivity contribution >= 4 is 28.8 Å². The minimum Gasteiger partial charge on any atom is -0.454 e. The summed E-state index contributed by atoms with van der Waals surface area (Å²) in [5.74, 6) is 1.24. The Morgan fingerprint density at radius 2 is 1.63 bits per heavy atom. The summed E-state index contributed by atoms with van der Waals surface area (Å²) in [5, 5.41) is 7.47. The third kappa shape index (κ3) is 4.59. The highest BCUT2D eigenvalue weighted by Crippen LogP contribution is 2.36. The van der Waals surface area contributed by atoms with Gasteiger partial charge in [0.2, 0.25) is 0 Å². The predicted octanol–water partition coefficient (Wildman–Crippen LogP) is 6.68. The number of hydrogen-bond donors (Lipinski definition) is 1. The monoisotopic (exact) mass is 430 g/mol. The van der Waals surface area contributed by atoms with Gasteiger partial charge in [-0.1, -0.05) is 89.4 Å². The van der Waals surface area contributed by atoms with E-state index in [1.165, 1.54) is 114 Å². The van der Waals surface area contributed by atoms with Crippen molar-refractivity contribution in [1.82, 2.24) is 4.81 Å². The van der Waals surface area contributed by atoms with Crippen molar-refractivity contribution in [2.75, 3.05) is 5.32 Å². The van der Waals surface area contributed by atoms with Crippen LogP contribution in [-0.2, 0) is 0 Å². The Labute approximate surface area is 188 Å². The van der Waals surface area contributed by atoms with Crippen LogP contribution in [0.3, 0.4) is 0 Å². The van der Waals surface area contributed by atoms with E-state index >= 15 is 0 Å². The van der Waals surface area contributed by atoms with Crippen molar-refractivity contribution in [3.8, 4) is 0 Å². The van der Waals surface area contributed by atoms with E-state index < -0.39 is 6.42 Å². The fourth-order valence-electron chi connectivity index (χ4n) is 6.45. The molecule has 4 nitrogen and oxygen atoms in total. The second kappa shape index (κ2) is 10.5. The second-order valence-electron chi connectivity index (χ2n) is 10.1. The lowest BCUT2D eigenvalue weighted by Crippen LogP contribution is -2.80. The topological polar surface area (TPSA) is 31.5 Å². The number of aliphatic imine (C=N–C) groups is 1. The zero-order chi connectivity index (χ0) is 20.8. The first-order valence-corrected chi connectivity index (χ1v) is 14.0. The van der Waals surface area contributed by atoms with Gasteiger partial charge in [0, 0.05) is 5.38 Å². The largest absolute Gasteiger partial charge is 0.454 e. The van der Waals surface area contributed by atoms with Crippen LogP contribution >= 0.6 is 11.3 Å². The number of guanidine groups is 1. The van der Waals surface area contributed by atoms with E-state index in [1.807, 2.05) is 11.3 Å². The SMILES string of the molecule is CCCC[B-]1(CCCC)N(C2CCCCC2)C(=NC2CCCCC2)Nc2scc[n+]21. The van der Waals surface area contributed by atoms with Crippen LogP contribution in [0.5, 0.6) is 0 Å². The standard InChI is InChI=1S/C24H43BN4S/c1-3-5-17-25(18-6-4-2)28-19-20-30-24(28)27-23(26-21-13-9-7-10-14-21)29(25)22-15-11-8-12-16-22/h19-22H,3-18H2,1-2H3,(H,26,27). The summed E-state index contributed by atoms with van der Waals surface area (Å²) in [4.78, 5) is 8.37. The van der Waals surface area contributed by atoms with Crippen molar-refractivity contribution in [2.24, 2.45) is 4.99 Å². The number of rotatable bonds is 8. The summed E-state index contributed by atoms with van der Waals surface area (Å²) in [5.41, 5.74) is 0. The maximum Gasteiger partial charge on any atom is 0.295 e. The molecule has 4 rings (SSSR count). The molecule has 0 bridgehead atoms. The Morgan fingerprint density at radius 1 is 1.00 bits per heavy atom. The summed E-state index contributed by atoms with van der Waals surface area (Å²) < 4.78 is 2.67. The zero-order valence-electron chi connectivity index (χ0n) is 19.5. The third-order valence-electron chi connectivity index (χ3n) is 8.02. The Hall–Kier alpha value is -1.04. The molecule has 168 valence electrons. The normalized spacial score (nSPS) is 24.1. The molecule has 0 atom stereocenters. The predicted molar refractivity (Wildman–Crippen MR) is 132 cm³/mol. The molecule has 2 heterocycles. The Bertz CT molecular complexity index is 683. The number of fused-ring (bicyclic) bond motifs is 1. The van der Waals surface area contributed by atoms with Crippen molar-refractivity contribution < 1.29 is 4.48 Å². The van der Waals surface area contributed by atoms with Gasteiger partial charge < -0.3 is 9.29 Å². The minimum absolute atomic E-state index is 0.518. The first kappa shape index (κ1) is 22.2. The lowest BCUT2D eigenvalue weighted by molar-refractivity contribution is -0.537. The van der Waals surface area contributed by atoms with Crippen LogP contribution in [0.2, 0.25) is 12.6 Å². The van der Waals surface area contributed by atoms with Crippen LogP contribution in [-0.4, -0.2) is 29.3 Å². The minimum atomic E-state index is -0.819. The van der Waals surface area contributed by atoms with Gasteiger partial charge in [0.05, 0.1) is 12.2 Å². The highest BCUT2D eigenvalue weighted by molar-refractivity contribution is 7.13. The number of nitrogens with one attached hydrogen (secondary N) is 1. The highest BCUT2D eigenvalue weighted by Gasteiger charge is 2.48. The first-order valence-electron chi connectivity index (χ1n) is 13.1. The van der Waals surface area contributed by atoms with Gasteiger partial charge in [-0.2, -0.15) is 0 Å². The highest BCUT2D eigenvalue weighted by atomic mass is 32.1. The van der Waals surface area contributed by atoms with E-state index in [0.29, 0.717) is 12.1 Å². The fraction of sp³-hybridized carbons (Fsp3) is 0.833. The third-order valence-corrected chi connectivity index (χ3v) is 8.82. The molecule has 1 aliphatic heterocycles. The average molecular weight is 431 g/mol. The Kier molecular flexibility index (Phi) is 7.77. The molecule has 0 radical (unpaired) electrons. The van der Waals surface area contributed by atoms with Crippen LogP contribution in [0.4, 0.5) is 5.13 Å². The van der Waals surface area contributed by atoms with E-state index in [9.17, 15) is 0 Å².